The van der Waals surface area contributed by atoms with E-state index in [4.69, 9.17) is 4.74 Å². The summed E-state index contributed by atoms with van der Waals surface area (Å²) in [7, 11) is 0. The number of carboxylic acid groups (broad SMARTS) is 1. The molecule has 2 N–H and O–H groups in total. The van der Waals surface area contributed by atoms with Gasteiger partial charge in [-0.1, -0.05) is 32.1 Å². The maximum atomic E-state index is 12.5. The average molecular weight is 354 g/mol. The van der Waals surface area contributed by atoms with Crippen molar-refractivity contribution in [3.8, 4) is 0 Å². The van der Waals surface area contributed by atoms with Crippen molar-refractivity contribution < 1.29 is 24.2 Å². The molecule has 25 heavy (non-hydrogen) atoms. The van der Waals surface area contributed by atoms with Crippen molar-refractivity contribution in [1.82, 2.24) is 10.2 Å². The van der Waals surface area contributed by atoms with Crippen LogP contribution < -0.4 is 5.32 Å². The fourth-order valence-electron chi connectivity index (χ4n) is 3.89. The molecule has 1 aliphatic heterocycles. The zero-order valence-electron chi connectivity index (χ0n) is 15.4. The summed E-state index contributed by atoms with van der Waals surface area (Å²) >= 11 is 0. The van der Waals surface area contributed by atoms with Gasteiger partial charge in [-0.05, 0) is 39.0 Å². The van der Waals surface area contributed by atoms with Crippen molar-refractivity contribution in [3.63, 3.8) is 0 Å². The monoisotopic (exact) mass is 354 g/mol. The van der Waals surface area contributed by atoms with Crippen LogP contribution in [-0.4, -0.2) is 52.7 Å². The Hall–Kier alpha value is -1.79. The van der Waals surface area contributed by atoms with E-state index in [-0.39, 0.29) is 18.4 Å². The fraction of sp³-hybridized carbons (Fsp3) is 0.833. The van der Waals surface area contributed by atoms with Crippen molar-refractivity contribution in [3.05, 3.63) is 0 Å². The number of nitrogens with one attached hydrogen (secondary N) is 1. The third-order valence-corrected chi connectivity index (χ3v) is 5.04. The highest BCUT2D eigenvalue weighted by molar-refractivity contribution is 5.87. The van der Waals surface area contributed by atoms with Crippen molar-refractivity contribution in [1.29, 1.82) is 0 Å². The van der Waals surface area contributed by atoms with Crippen LogP contribution in [0.4, 0.5) is 4.79 Å². The number of carbonyl (C=O) groups is 3. The summed E-state index contributed by atoms with van der Waals surface area (Å²) in [5.74, 6) is -0.584. The van der Waals surface area contributed by atoms with Crippen LogP contribution in [0.1, 0.15) is 59.3 Å². The summed E-state index contributed by atoms with van der Waals surface area (Å²) in [4.78, 5) is 37.1. The van der Waals surface area contributed by atoms with Gasteiger partial charge in [0, 0.05) is 6.54 Å². The van der Waals surface area contributed by atoms with Gasteiger partial charge in [0.1, 0.15) is 18.2 Å². The number of ether oxygens (including phenoxy) is 1. The summed E-state index contributed by atoms with van der Waals surface area (Å²) < 4.78 is 5.10. The smallest absolute Gasteiger partial charge is 0.408 e. The van der Waals surface area contributed by atoms with Gasteiger partial charge >= 0.3 is 12.1 Å². The van der Waals surface area contributed by atoms with Crippen molar-refractivity contribution >= 4 is 18.0 Å². The van der Waals surface area contributed by atoms with Crippen LogP contribution in [0.5, 0.6) is 0 Å². The Balaban J connectivity index is 1.92. The van der Waals surface area contributed by atoms with Gasteiger partial charge in [-0.3, -0.25) is 4.79 Å². The molecule has 2 unspecified atom stereocenters. The summed E-state index contributed by atoms with van der Waals surface area (Å²) in [6.07, 6.45) is 5.70. The van der Waals surface area contributed by atoms with Gasteiger partial charge in [-0.2, -0.15) is 0 Å². The van der Waals surface area contributed by atoms with Crippen LogP contribution in [0.2, 0.25) is 0 Å². The lowest BCUT2D eigenvalue weighted by Crippen LogP contribution is -2.46. The molecule has 0 aromatic carbocycles. The minimum atomic E-state index is -0.969. The van der Waals surface area contributed by atoms with Crippen LogP contribution in [0.25, 0.3) is 0 Å². The molecule has 7 heteroatoms. The third-order valence-electron chi connectivity index (χ3n) is 5.04. The Kier molecular flexibility index (Phi) is 6.30. The maximum absolute atomic E-state index is 12.5. The number of nitrogens with zero attached hydrogens (tertiary/aromatic N) is 1. The maximum Gasteiger partial charge on any atom is 0.408 e. The summed E-state index contributed by atoms with van der Waals surface area (Å²) in [6, 6.07) is -0.792. The Morgan fingerprint density at radius 2 is 1.76 bits per heavy atom. The topological polar surface area (TPSA) is 95.9 Å². The minimum Gasteiger partial charge on any atom is -0.480 e. The SMILES string of the molecule is CC(C)(C)OC(=O)NCC(=O)N1CC(C2CCCCC2)CC1C(=O)O. The third kappa shape index (κ3) is 5.61. The molecule has 0 aromatic rings. The number of amides is 2. The van der Waals surface area contributed by atoms with Crippen molar-refractivity contribution in [2.45, 2.75) is 70.9 Å². The number of carboxylic acids is 1. The number of alkyl carbamates (subject to hydrolysis) is 1. The van der Waals surface area contributed by atoms with Crippen LogP contribution >= 0.6 is 0 Å². The van der Waals surface area contributed by atoms with E-state index in [1.165, 1.54) is 24.2 Å². The molecule has 0 radical (unpaired) electrons. The van der Waals surface area contributed by atoms with Gasteiger partial charge in [0.05, 0.1) is 0 Å². The molecule has 1 saturated heterocycles. The van der Waals surface area contributed by atoms with Crippen molar-refractivity contribution in [2.75, 3.05) is 13.1 Å². The number of hydrogen-bond donors (Lipinski definition) is 2. The zero-order chi connectivity index (χ0) is 18.6. The largest absolute Gasteiger partial charge is 0.480 e. The van der Waals surface area contributed by atoms with Crippen LogP contribution in [-0.2, 0) is 14.3 Å². The second-order valence-corrected chi connectivity index (χ2v) is 8.15. The molecule has 0 aromatic heterocycles. The fourth-order valence-corrected chi connectivity index (χ4v) is 3.89. The minimum absolute atomic E-state index is 0.240. The van der Waals surface area contributed by atoms with Crippen LogP contribution in [0.3, 0.4) is 0 Å². The lowest BCUT2D eigenvalue weighted by atomic mass is 9.79. The normalized spacial score (nSPS) is 24.8. The highest BCUT2D eigenvalue weighted by Gasteiger charge is 2.42. The molecule has 1 saturated carbocycles. The molecule has 2 fully saturated rings. The van der Waals surface area contributed by atoms with E-state index in [9.17, 15) is 19.5 Å². The van der Waals surface area contributed by atoms with Gasteiger partial charge in [0.25, 0.3) is 0 Å². The first-order chi connectivity index (χ1) is 11.7. The van der Waals surface area contributed by atoms with E-state index in [0.29, 0.717) is 18.9 Å². The second kappa shape index (κ2) is 8.06. The lowest BCUT2D eigenvalue weighted by molar-refractivity contribution is -0.147. The predicted molar refractivity (Wildman–Crippen MR) is 92.1 cm³/mol. The molecular weight excluding hydrogens is 324 g/mol. The molecule has 1 heterocycles. The number of rotatable bonds is 4. The second-order valence-electron chi connectivity index (χ2n) is 8.15. The van der Waals surface area contributed by atoms with Gasteiger partial charge in [0.15, 0.2) is 0 Å². The van der Waals surface area contributed by atoms with E-state index < -0.39 is 23.7 Å². The van der Waals surface area contributed by atoms with Crippen molar-refractivity contribution in [2.24, 2.45) is 11.8 Å². The molecule has 2 amide bonds. The highest BCUT2D eigenvalue weighted by atomic mass is 16.6. The molecule has 0 spiro atoms. The number of carbonyl (C=O) groups excluding carboxylic acids is 2. The molecule has 7 nitrogen and oxygen atoms in total. The predicted octanol–water partition coefficient (Wildman–Crippen LogP) is 2.39. The quantitative estimate of drug-likeness (QED) is 0.808. The highest BCUT2D eigenvalue weighted by Crippen LogP contribution is 2.37. The molecular formula is C18H30N2O5. The van der Waals surface area contributed by atoms with Gasteiger partial charge < -0.3 is 20.1 Å². The lowest BCUT2D eigenvalue weighted by Gasteiger charge is -2.27. The molecule has 2 rings (SSSR count). The van der Waals surface area contributed by atoms with E-state index in [2.05, 4.69) is 5.32 Å². The van der Waals surface area contributed by atoms with Crippen LogP contribution in [0.15, 0.2) is 0 Å². The Labute approximate surface area is 149 Å². The molecule has 142 valence electrons. The first-order valence-corrected chi connectivity index (χ1v) is 9.16. The molecule has 1 aliphatic carbocycles. The summed E-state index contributed by atoms with van der Waals surface area (Å²) in [5, 5.41) is 11.9. The Bertz CT molecular complexity index is 508. The first-order valence-electron chi connectivity index (χ1n) is 9.16. The Morgan fingerprint density at radius 1 is 1.12 bits per heavy atom. The van der Waals surface area contributed by atoms with Gasteiger partial charge in [0.2, 0.25) is 5.91 Å². The van der Waals surface area contributed by atoms with E-state index in [0.717, 1.165) is 12.8 Å². The van der Waals surface area contributed by atoms with E-state index in [1.807, 2.05) is 0 Å². The summed E-state index contributed by atoms with van der Waals surface area (Å²) in [5.41, 5.74) is -0.642. The Morgan fingerprint density at radius 3 is 2.32 bits per heavy atom. The molecule has 0 bridgehead atoms. The average Bonchev–Trinajstić information content (AvgIpc) is 2.97. The number of hydrogen-bond acceptors (Lipinski definition) is 4. The molecule has 2 atom stereocenters. The van der Waals surface area contributed by atoms with E-state index in [1.54, 1.807) is 20.8 Å². The van der Waals surface area contributed by atoms with Gasteiger partial charge in [-0.15, -0.1) is 0 Å². The standard InChI is InChI=1S/C18H30N2O5/c1-18(2,3)25-17(24)19-10-15(21)20-11-13(9-14(20)16(22)23)12-7-5-4-6-8-12/h12-14H,4-11H2,1-3H3,(H,19,24)(H,22,23). The van der Waals surface area contributed by atoms with Crippen LogP contribution in [0, 0.1) is 11.8 Å². The number of likely N-dealkylation sites (tertiary alicyclic amines) is 1. The molecule has 2 aliphatic rings. The first kappa shape index (κ1) is 19.5. The van der Waals surface area contributed by atoms with Gasteiger partial charge in [-0.25, -0.2) is 9.59 Å². The van der Waals surface area contributed by atoms with E-state index >= 15 is 0 Å². The summed E-state index contributed by atoms with van der Waals surface area (Å²) in [6.45, 7) is 5.45. The zero-order valence-corrected chi connectivity index (χ0v) is 15.4. The number of aliphatic carboxylic acids is 1.